The van der Waals surface area contributed by atoms with Crippen LogP contribution in [0.2, 0.25) is 0 Å². The SMILES string of the molecule is CNN(CC(C)(C)C)[C@@H](C)C(C)C. The molecular weight excluding hydrogens is 160 g/mol. The molecule has 0 spiro atoms. The smallest absolute Gasteiger partial charge is 0.0238 e. The highest BCUT2D eigenvalue weighted by molar-refractivity contribution is 4.72. The van der Waals surface area contributed by atoms with Crippen molar-refractivity contribution in [1.82, 2.24) is 10.4 Å². The lowest BCUT2D eigenvalue weighted by atomic mass is 9.95. The maximum Gasteiger partial charge on any atom is 0.0238 e. The van der Waals surface area contributed by atoms with Gasteiger partial charge in [0.2, 0.25) is 0 Å². The Morgan fingerprint density at radius 2 is 1.62 bits per heavy atom. The van der Waals surface area contributed by atoms with Crippen LogP contribution in [0.15, 0.2) is 0 Å². The molecule has 13 heavy (non-hydrogen) atoms. The molecular formula is C11H26N2. The summed E-state index contributed by atoms with van der Waals surface area (Å²) in [6.07, 6.45) is 0. The van der Waals surface area contributed by atoms with Crippen LogP contribution in [0.25, 0.3) is 0 Å². The number of rotatable bonds is 4. The molecule has 0 saturated heterocycles. The molecule has 0 aromatic rings. The number of hydrogen-bond donors (Lipinski definition) is 1. The molecule has 0 bridgehead atoms. The van der Waals surface area contributed by atoms with Gasteiger partial charge in [0.25, 0.3) is 0 Å². The third-order valence-electron chi connectivity index (χ3n) is 2.39. The Morgan fingerprint density at radius 3 is 1.85 bits per heavy atom. The predicted octanol–water partition coefficient (Wildman–Crippen LogP) is 2.51. The molecule has 0 heterocycles. The summed E-state index contributed by atoms with van der Waals surface area (Å²) >= 11 is 0. The van der Waals surface area contributed by atoms with Crippen molar-refractivity contribution >= 4 is 0 Å². The molecule has 0 saturated carbocycles. The Bertz CT molecular complexity index is 136. The summed E-state index contributed by atoms with van der Waals surface area (Å²) in [5.74, 6) is 0.690. The quantitative estimate of drug-likeness (QED) is 0.679. The molecule has 2 heteroatoms. The van der Waals surface area contributed by atoms with Gasteiger partial charge in [-0.15, -0.1) is 0 Å². The summed E-state index contributed by atoms with van der Waals surface area (Å²) in [6.45, 7) is 14.7. The average Bonchev–Trinajstić information content (AvgIpc) is 1.97. The maximum atomic E-state index is 3.27. The molecule has 0 aromatic carbocycles. The van der Waals surface area contributed by atoms with Gasteiger partial charge in [-0.2, -0.15) is 0 Å². The van der Waals surface area contributed by atoms with E-state index >= 15 is 0 Å². The van der Waals surface area contributed by atoms with Crippen molar-refractivity contribution in [1.29, 1.82) is 0 Å². The van der Waals surface area contributed by atoms with E-state index in [1.165, 1.54) is 0 Å². The Balaban J connectivity index is 4.18. The summed E-state index contributed by atoms with van der Waals surface area (Å²) < 4.78 is 0. The maximum absolute atomic E-state index is 3.27. The lowest BCUT2D eigenvalue weighted by Crippen LogP contribution is -2.48. The average molecular weight is 186 g/mol. The molecule has 0 aromatic heterocycles. The third-order valence-corrected chi connectivity index (χ3v) is 2.39. The molecule has 0 aliphatic rings. The van der Waals surface area contributed by atoms with Crippen molar-refractivity contribution in [2.24, 2.45) is 11.3 Å². The van der Waals surface area contributed by atoms with Gasteiger partial charge in [-0.1, -0.05) is 34.6 Å². The largest absolute Gasteiger partial charge is 0.258 e. The molecule has 0 rings (SSSR count). The second-order valence-electron chi connectivity index (χ2n) is 5.40. The van der Waals surface area contributed by atoms with Crippen LogP contribution in [0.3, 0.4) is 0 Å². The van der Waals surface area contributed by atoms with Crippen LogP contribution in [0, 0.1) is 11.3 Å². The van der Waals surface area contributed by atoms with Crippen LogP contribution in [0.5, 0.6) is 0 Å². The van der Waals surface area contributed by atoms with E-state index in [2.05, 4.69) is 52.0 Å². The third kappa shape index (κ3) is 5.27. The van der Waals surface area contributed by atoms with Crippen LogP contribution in [0.4, 0.5) is 0 Å². The summed E-state index contributed by atoms with van der Waals surface area (Å²) in [5, 5.41) is 2.32. The zero-order valence-electron chi connectivity index (χ0n) is 10.3. The molecule has 1 atom stereocenters. The van der Waals surface area contributed by atoms with Gasteiger partial charge >= 0.3 is 0 Å². The molecule has 0 unspecified atom stereocenters. The highest BCUT2D eigenvalue weighted by Gasteiger charge is 2.21. The van der Waals surface area contributed by atoms with Crippen LogP contribution in [-0.2, 0) is 0 Å². The summed E-state index contributed by atoms with van der Waals surface area (Å²) in [4.78, 5) is 0. The van der Waals surface area contributed by atoms with Crippen molar-refractivity contribution in [3.63, 3.8) is 0 Å². The fraction of sp³-hybridized carbons (Fsp3) is 1.00. The number of hydrogen-bond acceptors (Lipinski definition) is 2. The minimum atomic E-state index is 0.353. The van der Waals surface area contributed by atoms with Gasteiger partial charge in [-0.05, 0) is 25.3 Å². The van der Waals surface area contributed by atoms with E-state index in [0.717, 1.165) is 6.54 Å². The highest BCUT2D eigenvalue weighted by atomic mass is 15.5. The summed E-state index contributed by atoms with van der Waals surface area (Å²) in [5.41, 5.74) is 3.63. The van der Waals surface area contributed by atoms with Crippen LogP contribution in [0.1, 0.15) is 41.5 Å². The number of nitrogens with zero attached hydrogens (tertiary/aromatic N) is 1. The Hall–Kier alpha value is -0.0800. The van der Waals surface area contributed by atoms with Crippen molar-refractivity contribution in [2.75, 3.05) is 13.6 Å². The van der Waals surface area contributed by atoms with E-state index in [1.807, 2.05) is 7.05 Å². The van der Waals surface area contributed by atoms with E-state index in [4.69, 9.17) is 0 Å². The summed E-state index contributed by atoms with van der Waals surface area (Å²) in [6, 6.07) is 0.587. The van der Waals surface area contributed by atoms with Gasteiger partial charge in [0.15, 0.2) is 0 Å². The van der Waals surface area contributed by atoms with Gasteiger partial charge in [-0.25, -0.2) is 5.01 Å². The van der Waals surface area contributed by atoms with E-state index in [0.29, 0.717) is 17.4 Å². The number of nitrogens with one attached hydrogen (secondary N) is 1. The fourth-order valence-electron chi connectivity index (χ4n) is 1.30. The first kappa shape index (κ1) is 12.9. The molecule has 0 radical (unpaired) electrons. The van der Waals surface area contributed by atoms with Crippen LogP contribution < -0.4 is 5.43 Å². The van der Waals surface area contributed by atoms with E-state index in [-0.39, 0.29) is 0 Å². The van der Waals surface area contributed by atoms with Gasteiger partial charge in [0.05, 0.1) is 0 Å². The topological polar surface area (TPSA) is 15.3 Å². The first-order chi connectivity index (χ1) is 5.78. The minimum Gasteiger partial charge on any atom is -0.258 e. The normalized spacial score (nSPS) is 15.5. The second-order valence-corrected chi connectivity index (χ2v) is 5.40. The van der Waals surface area contributed by atoms with Gasteiger partial charge in [-0.3, -0.25) is 5.43 Å². The fourth-order valence-corrected chi connectivity index (χ4v) is 1.30. The van der Waals surface area contributed by atoms with Crippen molar-refractivity contribution in [2.45, 2.75) is 47.6 Å². The molecule has 0 amide bonds. The molecule has 1 N–H and O–H groups in total. The molecule has 2 nitrogen and oxygen atoms in total. The highest BCUT2D eigenvalue weighted by Crippen LogP contribution is 2.17. The van der Waals surface area contributed by atoms with Crippen molar-refractivity contribution < 1.29 is 0 Å². The van der Waals surface area contributed by atoms with E-state index in [1.54, 1.807) is 0 Å². The summed E-state index contributed by atoms with van der Waals surface area (Å²) in [7, 11) is 2.00. The van der Waals surface area contributed by atoms with Gasteiger partial charge in [0.1, 0.15) is 0 Å². The Morgan fingerprint density at radius 1 is 1.15 bits per heavy atom. The lowest BCUT2D eigenvalue weighted by Gasteiger charge is -2.35. The first-order valence-electron chi connectivity index (χ1n) is 5.22. The second kappa shape index (κ2) is 4.97. The Labute approximate surface area is 83.7 Å². The lowest BCUT2D eigenvalue weighted by molar-refractivity contribution is 0.0750. The minimum absolute atomic E-state index is 0.353. The first-order valence-corrected chi connectivity index (χ1v) is 5.22. The van der Waals surface area contributed by atoms with Gasteiger partial charge < -0.3 is 0 Å². The monoisotopic (exact) mass is 186 g/mol. The van der Waals surface area contributed by atoms with Gasteiger partial charge in [0, 0.05) is 12.6 Å². The van der Waals surface area contributed by atoms with E-state index < -0.39 is 0 Å². The molecule has 80 valence electrons. The van der Waals surface area contributed by atoms with Crippen molar-refractivity contribution in [3.05, 3.63) is 0 Å². The van der Waals surface area contributed by atoms with E-state index in [9.17, 15) is 0 Å². The number of hydrazine groups is 1. The molecule has 0 fully saturated rings. The van der Waals surface area contributed by atoms with Crippen molar-refractivity contribution in [3.8, 4) is 0 Å². The molecule has 0 aliphatic carbocycles. The zero-order chi connectivity index (χ0) is 10.6. The van der Waals surface area contributed by atoms with Crippen LogP contribution in [-0.4, -0.2) is 24.6 Å². The predicted molar refractivity (Wildman–Crippen MR) is 59.5 cm³/mol. The standard InChI is InChI=1S/C11H26N2/c1-9(2)10(3)13(12-7)8-11(4,5)6/h9-10,12H,8H2,1-7H3/t10-/m0/s1. The Kier molecular flexibility index (Phi) is 4.93. The zero-order valence-corrected chi connectivity index (χ0v) is 10.3. The molecule has 0 aliphatic heterocycles. The van der Waals surface area contributed by atoms with Crippen LogP contribution >= 0.6 is 0 Å².